The first-order valence-corrected chi connectivity index (χ1v) is 3.39. The van der Waals surface area contributed by atoms with E-state index in [9.17, 15) is 10.1 Å². The zero-order valence-electron chi connectivity index (χ0n) is 6.18. The fourth-order valence-electron chi connectivity index (χ4n) is 0.590. The number of rotatable bonds is 1. The summed E-state index contributed by atoms with van der Waals surface area (Å²) in [6.07, 6.45) is 0. The molecule has 1 rings (SSSR count). The van der Waals surface area contributed by atoms with Crippen molar-refractivity contribution in [3.63, 3.8) is 0 Å². The van der Waals surface area contributed by atoms with Gasteiger partial charge in [0.25, 0.3) is 5.69 Å². The highest BCUT2D eigenvalue weighted by Gasteiger charge is 2.02. The van der Waals surface area contributed by atoms with Crippen LogP contribution in [-0.2, 0) is 0 Å². The van der Waals surface area contributed by atoms with Crippen molar-refractivity contribution in [3.05, 3.63) is 38.9 Å². The van der Waals surface area contributed by atoms with Crippen molar-refractivity contribution in [1.82, 2.24) is 0 Å². The predicted molar refractivity (Wildman–Crippen MR) is 48.3 cm³/mol. The van der Waals surface area contributed by atoms with E-state index >= 15 is 0 Å². The molecule has 1 aromatic rings. The van der Waals surface area contributed by atoms with Gasteiger partial charge in [0.15, 0.2) is 0 Å². The molecule has 0 aliphatic rings. The first-order chi connectivity index (χ1) is 4.70. The number of halogens is 4. The van der Waals surface area contributed by atoms with E-state index in [1.807, 2.05) is 0 Å². The molecular formula is C6H7BrF3NO2. The Morgan fingerprint density at radius 2 is 1.77 bits per heavy atom. The Morgan fingerprint density at radius 1 is 1.23 bits per heavy atom. The second-order valence-corrected chi connectivity index (χ2v) is 2.65. The molecule has 0 aromatic heterocycles. The van der Waals surface area contributed by atoms with Gasteiger partial charge >= 0.3 is 0 Å². The highest BCUT2D eigenvalue weighted by molar-refractivity contribution is 9.10. The molecule has 0 unspecified atom stereocenters. The van der Waals surface area contributed by atoms with Gasteiger partial charge in [-0.25, -0.2) is 0 Å². The summed E-state index contributed by atoms with van der Waals surface area (Å²) in [4.78, 5) is 9.71. The van der Waals surface area contributed by atoms with Crippen LogP contribution in [0.25, 0.3) is 0 Å². The summed E-state index contributed by atoms with van der Waals surface area (Å²) in [5.74, 6) is 0. The molecule has 0 bridgehead atoms. The second-order valence-electron chi connectivity index (χ2n) is 1.74. The molecule has 3 nitrogen and oxygen atoms in total. The van der Waals surface area contributed by atoms with Crippen molar-refractivity contribution in [2.45, 2.75) is 0 Å². The Balaban J connectivity index is -0.000000333. The van der Waals surface area contributed by atoms with Crippen molar-refractivity contribution >= 4 is 21.6 Å². The minimum absolute atomic E-state index is 0. The third kappa shape index (κ3) is 5.18. The molecule has 13 heavy (non-hydrogen) atoms. The fraction of sp³-hybridized carbons (Fsp3) is 0. The maximum absolute atomic E-state index is 10.1. The molecule has 0 spiro atoms. The molecule has 0 radical (unpaired) electrons. The molecule has 0 atom stereocenters. The first-order valence-electron chi connectivity index (χ1n) is 2.60. The fourth-order valence-corrected chi connectivity index (χ4v) is 0.977. The SMILES string of the molecule is F.F.F.O=[N+]([O-])c1cccc(Br)c1. The van der Waals surface area contributed by atoms with E-state index in [1.54, 1.807) is 12.1 Å². The molecule has 7 heteroatoms. The summed E-state index contributed by atoms with van der Waals surface area (Å²) in [6.45, 7) is 0. The van der Waals surface area contributed by atoms with E-state index in [0.717, 1.165) is 4.47 Å². The monoisotopic (exact) mass is 261 g/mol. The Hall–Kier alpha value is -1.11. The summed E-state index contributed by atoms with van der Waals surface area (Å²) < 4.78 is 0.724. The molecule has 76 valence electrons. The highest BCUT2D eigenvalue weighted by Crippen LogP contribution is 2.16. The maximum atomic E-state index is 10.1. The minimum Gasteiger partial charge on any atom is -0.269 e. The van der Waals surface area contributed by atoms with Gasteiger partial charge in [0.1, 0.15) is 0 Å². The number of nitrogens with zero attached hydrogens (tertiary/aromatic N) is 1. The number of hydrogen-bond acceptors (Lipinski definition) is 2. The number of hydrogen-bond donors (Lipinski definition) is 0. The van der Waals surface area contributed by atoms with Crippen LogP contribution in [0.15, 0.2) is 28.7 Å². The van der Waals surface area contributed by atoms with Crippen molar-refractivity contribution < 1.29 is 19.0 Å². The lowest BCUT2D eigenvalue weighted by Gasteiger charge is -1.89. The molecule has 0 aliphatic carbocycles. The number of nitro benzene ring substituents is 1. The quantitative estimate of drug-likeness (QED) is 0.576. The molecule has 0 heterocycles. The van der Waals surface area contributed by atoms with Gasteiger partial charge in [-0.3, -0.25) is 24.2 Å². The average Bonchev–Trinajstić information content (AvgIpc) is 1.88. The predicted octanol–water partition coefficient (Wildman–Crippen LogP) is 2.81. The van der Waals surface area contributed by atoms with Crippen LogP contribution in [0.5, 0.6) is 0 Å². The number of benzene rings is 1. The summed E-state index contributed by atoms with van der Waals surface area (Å²) in [6, 6.07) is 6.28. The van der Waals surface area contributed by atoms with E-state index in [1.165, 1.54) is 12.1 Å². The van der Waals surface area contributed by atoms with Gasteiger partial charge < -0.3 is 0 Å². The molecule has 0 aliphatic heterocycles. The van der Waals surface area contributed by atoms with Crippen LogP contribution in [0.2, 0.25) is 0 Å². The van der Waals surface area contributed by atoms with Crippen molar-refractivity contribution in [2.24, 2.45) is 0 Å². The lowest BCUT2D eigenvalue weighted by Crippen LogP contribution is -1.85. The van der Waals surface area contributed by atoms with Crippen molar-refractivity contribution in [1.29, 1.82) is 0 Å². The van der Waals surface area contributed by atoms with Gasteiger partial charge in [0, 0.05) is 16.6 Å². The topological polar surface area (TPSA) is 43.1 Å². The molecule has 0 amide bonds. The van der Waals surface area contributed by atoms with Gasteiger partial charge in [0.05, 0.1) is 4.92 Å². The van der Waals surface area contributed by atoms with E-state index in [2.05, 4.69) is 15.9 Å². The summed E-state index contributed by atoms with van der Waals surface area (Å²) >= 11 is 3.13. The van der Waals surface area contributed by atoms with Gasteiger partial charge in [-0.15, -0.1) is 0 Å². The lowest BCUT2D eigenvalue weighted by atomic mass is 10.3. The molecule has 0 saturated carbocycles. The summed E-state index contributed by atoms with van der Waals surface area (Å²) in [5, 5.41) is 10.1. The van der Waals surface area contributed by atoms with Crippen LogP contribution >= 0.6 is 15.9 Å². The van der Waals surface area contributed by atoms with E-state index in [-0.39, 0.29) is 19.8 Å². The largest absolute Gasteiger partial charge is 0.270 e. The van der Waals surface area contributed by atoms with Gasteiger partial charge in [0.2, 0.25) is 0 Å². The second kappa shape index (κ2) is 7.53. The normalized spacial score (nSPS) is 7.15. The van der Waals surface area contributed by atoms with Crippen LogP contribution < -0.4 is 0 Å². The molecule has 0 N–H and O–H groups in total. The lowest BCUT2D eigenvalue weighted by molar-refractivity contribution is -0.384. The molecule has 1 aromatic carbocycles. The highest BCUT2D eigenvalue weighted by atomic mass is 79.9. The third-order valence-electron chi connectivity index (χ3n) is 1.02. The molecular weight excluding hydrogens is 255 g/mol. The first kappa shape index (κ1) is 17.8. The molecule has 0 saturated heterocycles. The standard InChI is InChI=1S/C6H4BrNO2.3FH/c7-5-2-1-3-6(4-5)8(9)10;;;/h1-4H;3*1H. The Morgan fingerprint density at radius 3 is 2.08 bits per heavy atom. The zero-order chi connectivity index (χ0) is 7.56. The van der Waals surface area contributed by atoms with Gasteiger partial charge in [-0.1, -0.05) is 22.0 Å². The van der Waals surface area contributed by atoms with Crippen molar-refractivity contribution in [2.75, 3.05) is 0 Å². The zero-order valence-corrected chi connectivity index (χ0v) is 7.76. The Labute approximate surface area is 80.1 Å². The number of non-ortho nitro benzene ring substituents is 1. The van der Waals surface area contributed by atoms with Crippen LogP contribution in [-0.4, -0.2) is 4.92 Å². The van der Waals surface area contributed by atoms with Crippen LogP contribution in [0.1, 0.15) is 0 Å². The van der Waals surface area contributed by atoms with Crippen molar-refractivity contribution in [3.8, 4) is 0 Å². The summed E-state index contributed by atoms with van der Waals surface area (Å²) in [5.41, 5.74) is 0.106. The smallest absolute Gasteiger partial charge is 0.269 e. The number of nitro groups is 1. The van der Waals surface area contributed by atoms with Crippen LogP contribution in [0.3, 0.4) is 0 Å². The van der Waals surface area contributed by atoms with Gasteiger partial charge in [-0.05, 0) is 6.07 Å². The van der Waals surface area contributed by atoms with E-state index < -0.39 is 4.92 Å². The van der Waals surface area contributed by atoms with E-state index in [4.69, 9.17) is 0 Å². The minimum atomic E-state index is -0.426. The van der Waals surface area contributed by atoms with Crippen LogP contribution in [0.4, 0.5) is 19.8 Å². The van der Waals surface area contributed by atoms with Crippen LogP contribution in [0, 0.1) is 10.1 Å². The third-order valence-corrected chi connectivity index (χ3v) is 1.51. The summed E-state index contributed by atoms with van der Waals surface area (Å²) in [7, 11) is 0. The molecule has 0 fully saturated rings. The maximum Gasteiger partial charge on any atom is 0.270 e. The Bertz CT molecular complexity index is 272. The van der Waals surface area contributed by atoms with Gasteiger partial charge in [-0.2, -0.15) is 0 Å². The van der Waals surface area contributed by atoms with E-state index in [0.29, 0.717) is 0 Å². The Kier molecular flexibility index (Phi) is 10.3. The average molecular weight is 262 g/mol.